The fourth-order valence-electron chi connectivity index (χ4n) is 2.60. The largest absolute Gasteiger partial charge is 0.354 e. The molecule has 0 atom stereocenters. The normalized spacial score (nSPS) is 13.4. The number of carbonyl (C=O) groups excluding carboxylic acids is 3. The molecule has 0 bridgehead atoms. The average molecular weight is 356 g/mol. The van der Waals surface area contributed by atoms with Gasteiger partial charge in [0, 0.05) is 19.5 Å². The van der Waals surface area contributed by atoms with Gasteiger partial charge in [0.25, 0.3) is 11.8 Å². The van der Waals surface area contributed by atoms with E-state index in [4.69, 9.17) is 0 Å². The van der Waals surface area contributed by atoms with E-state index in [0.717, 1.165) is 0 Å². The van der Waals surface area contributed by atoms with Crippen LogP contribution in [0.3, 0.4) is 0 Å². The maximum atomic E-state index is 12.3. The molecule has 0 unspecified atom stereocenters. The molecule has 9 heteroatoms. The van der Waals surface area contributed by atoms with Gasteiger partial charge in [-0.2, -0.15) is 4.80 Å². The molecule has 3 amide bonds. The van der Waals surface area contributed by atoms with Gasteiger partial charge < -0.3 is 5.32 Å². The SMILES string of the molecule is CC(C)CNC(=O)Cn1nnc(CCN2C(=O)c3ccccc3C2=O)n1. The van der Waals surface area contributed by atoms with Crippen molar-refractivity contribution in [2.24, 2.45) is 5.92 Å². The summed E-state index contributed by atoms with van der Waals surface area (Å²) in [6.45, 7) is 4.74. The van der Waals surface area contributed by atoms with Crippen LogP contribution >= 0.6 is 0 Å². The van der Waals surface area contributed by atoms with Crippen LogP contribution < -0.4 is 5.32 Å². The number of fused-ring (bicyclic) bond motifs is 1. The molecule has 2 aromatic rings. The number of benzene rings is 1. The molecule has 0 fully saturated rings. The van der Waals surface area contributed by atoms with Crippen LogP contribution in [0.5, 0.6) is 0 Å². The summed E-state index contributed by atoms with van der Waals surface area (Å²) in [5, 5.41) is 14.6. The highest BCUT2D eigenvalue weighted by Crippen LogP contribution is 2.22. The van der Waals surface area contributed by atoms with Crippen LogP contribution in [-0.2, 0) is 17.8 Å². The maximum absolute atomic E-state index is 12.3. The van der Waals surface area contributed by atoms with Gasteiger partial charge in [-0.25, -0.2) is 0 Å². The van der Waals surface area contributed by atoms with Gasteiger partial charge >= 0.3 is 0 Å². The number of hydrogen-bond donors (Lipinski definition) is 1. The van der Waals surface area contributed by atoms with Gasteiger partial charge in [-0.1, -0.05) is 26.0 Å². The lowest BCUT2D eigenvalue weighted by molar-refractivity contribution is -0.122. The predicted octanol–water partition coefficient (Wildman–Crippen LogP) is 0.284. The first kappa shape index (κ1) is 17.7. The third-order valence-corrected chi connectivity index (χ3v) is 3.92. The van der Waals surface area contributed by atoms with Gasteiger partial charge in [0.1, 0.15) is 6.54 Å². The Bertz CT molecular complexity index is 810. The van der Waals surface area contributed by atoms with Crippen molar-refractivity contribution in [2.45, 2.75) is 26.8 Å². The summed E-state index contributed by atoms with van der Waals surface area (Å²) in [5.41, 5.74) is 0.826. The average Bonchev–Trinajstić information content (AvgIpc) is 3.15. The number of nitrogens with one attached hydrogen (secondary N) is 1. The Morgan fingerprint density at radius 3 is 2.42 bits per heavy atom. The van der Waals surface area contributed by atoms with Crippen molar-refractivity contribution in [1.29, 1.82) is 0 Å². The molecule has 1 aromatic carbocycles. The van der Waals surface area contributed by atoms with Crippen LogP contribution in [0.1, 0.15) is 40.4 Å². The van der Waals surface area contributed by atoms with Gasteiger partial charge in [-0.15, -0.1) is 10.2 Å². The van der Waals surface area contributed by atoms with Crippen LogP contribution in [0.4, 0.5) is 0 Å². The minimum atomic E-state index is -0.314. The van der Waals surface area contributed by atoms with Crippen LogP contribution in [0, 0.1) is 5.92 Å². The highest BCUT2D eigenvalue weighted by molar-refractivity contribution is 6.21. The number of carbonyl (C=O) groups is 3. The maximum Gasteiger partial charge on any atom is 0.261 e. The van der Waals surface area contributed by atoms with E-state index in [0.29, 0.717) is 29.4 Å². The Morgan fingerprint density at radius 2 is 1.81 bits per heavy atom. The van der Waals surface area contributed by atoms with E-state index in [1.54, 1.807) is 24.3 Å². The summed E-state index contributed by atoms with van der Waals surface area (Å²) in [6.07, 6.45) is 0.277. The number of imide groups is 1. The van der Waals surface area contributed by atoms with E-state index in [2.05, 4.69) is 20.7 Å². The number of rotatable bonds is 7. The Labute approximate surface area is 150 Å². The highest BCUT2D eigenvalue weighted by atomic mass is 16.2. The molecule has 26 heavy (non-hydrogen) atoms. The molecule has 1 aliphatic heterocycles. The standard InChI is InChI=1S/C17H20N6O3/c1-11(2)9-18-15(24)10-23-20-14(19-21-23)7-8-22-16(25)12-5-3-4-6-13(12)17(22)26/h3-6,11H,7-10H2,1-2H3,(H,18,24). The summed E-state index contributed by atoms with van der Waals surface area (Å²) in [5.74, 6) is -0.0869. The second-order valence-electron chi connectivity index (χ2n) is 6.49. The molecule has 3 rings (SSSR count). The fraction of sp³-hybridized carbons (Fsp3) is 0.412. The molecule has 1 aromatic heterocycles. The van der Waals surface area contributed by atoms with Crippen LogP contribution in [0.2, 0.25) is 0 Å². The van der Waals surface area contributed by atoms with Crippen molar-refractivity contribution in [3.05, 3.63) is 41.2 Å². The van der Waals surface area contributed by atoms with E-state index in [9.17, 15) is 14.4 Å². The summed E-state index contributed by atoms with van der Waals surface area (Å²) in [7, 11) is 0. The fourth-order valence-corrected chi connectivity index (χ4v) is 2.60. The molecule has 0 saturated heterocycles. The Balaban J connectivity index is 1.55. The van der Waals surface area contributed by atoms with Crippen molar-refractivity contribution in [1.82, 2.24) is 30.4 Å². The zero-order valence-electron chi connectivity index (χ0n) is 14.7. The van der Waals surface area contributed by atoms with E-state index in [1.165, 1.54) is 9.70 Å². The molecule has 1 aliphatic rings. The van der Waals surface area contributed by atoms with Crippen LogP contribution in [-0.4, -0.2) is 55.9 Å². The molecule has 2 heterocycles. The minimum absolute atomic E-state index is 0.0211. The van der Waals surface area contributed by atoms with Crippen molar-refractivity contribution in [3.8, 4) is 0 Å². The van der Waals surface area contributed by atoms with E-state index < -0.39 is 0 Å². The molecular weight excluding hydrogens is 336 g/mol. The lowest BCUT2D eigenvalue weighted by Gasteiger charge is -2.11. The summed E-state index contributed by atoms with van der Waals surface area (Å²) >= 11 is 0. The topological polar surface area (TPSA) is 110 Å². The molecular formula is C17H20N6O3. The number of aromatic nitrogens is 4. The summed E-state index contributed by atoms with van der Waals surface area (Å²) in [4.78, 5) is 38.7. The number of tetrazole rings is 1. The van der Waals surface area contributed by atoms with E-state index >= 15 is 0 Å². The summed E-state index contributed by atoms with van der Waals surface area (Å²) in [6, 6.07) is 6.73. The van der Waals surface area contributed by atoms with Crippen molar-refractivity contribution < 1.29 is 14.4 Å². The molecule has 1 N–H and O–H groups in total. The first-order chi connectivity index (χ1) is 12.5. The third-order valence-electron chi connectivity index (χ3n) is 3.92. The van der Waals surface area contributed by atoms with Crippen molar-refractivity contribution in [3.63, 3.8) is 0 Å². The van der Waals surface area contributed by atoms with E-state index in [1.807, 2.05) is 13.8 Å². The Kier molecular flexibility index (Phi) is 5.06. The second-order valence-corrected chi connectivity index (χ2v) is 6.49. The number of amides is 3. The zero-order valence-corrected chi connectivity index (χ0v) is 14.7. The van der Waals surface area contributed by atoms with Gasteiger partial charge in [-0.05, 0) is 23.3 Å². The van der Waals surface area contributed by atoms with Crippen LogP contribution in [0.15, 0.2) is 24.3 Å². The van der Waals surface area contributed by atoms with Gasteiger partial charge in [0.05, 0.1) is 11.1 Å². The van der Waals surface area contributed by atoms with Crippen molar-refractivity contribution in [2.75, 3.05) is 13.1 Å². The second kappa shape index (κ2) is 7.42. The van der Waals surface area contributed by atoms with Crippen LogP contribution in [0.25, 0.3) is 0 Å². The first-order valence-electron chi connectivity index (χ1n) is 8.44. The van der Waals surface area contributed by atoms with Gasteiger partial charge in [0.2, 0.25) is 5.91 Å². The lowest BCUT2D eigenvalue weighted by Crippen LogP contribution is -2.32. The van der Waals surface area contributed by atoms with Gasteiger partial charge in [0.15, 0.2) is 5.82 Å². The predicted molar refractivity (Wildman–Crippen MR) is 91.2 cm³/mol. The van der Waals surface area contributed by atoms with Gasteiger partial charge in [-0.3, -0.25) is 19.3 Å². The Hall–Kier alpha value is -3.10. The lowest BCUT2D eigenvalue weighted by atomic mass is 10.1. The smallest absolute Gasteiger partial charge is 0.261 e. The molecule has 0 spiro atoms. The molecule has 136 valence electrons. The minimum Gasteiger partial charge on any atom is -0.354 e. The zero-order chi connectivity index (χ0) is 18.7. The Morgan fingerprint density at radius 1 is 1.15 bits per heavy atom. The monoisotopic (exact) mass is 356 g/mol. The molecule has 0 radical (unpaired) electrons. The molecule has 0 saturated carbocycles. The number of hydrogen-bond acceptors (Lipinski definition) is 6. The quantitative estimate of drug-likeness (QED) is 0.714. The first-order valence-corrected chi connectivity index (χ1v) is 8.44. The molecule has 9 nitrogen and oxygen atoms in total. The van der Waals surface area contributed by atoms with E-state index in [-0.39, 0.29) is 37.2 Å². The third kappa shape index (κ3) is 3.76. The molecule has 0 aliphatic carbocycles. The summed E-state index contributed by atoms with van der Waals surface area (Å²) < 4.78 is 0. The van der Waals surface area contributed by atoms with Crippen molar-refractivity contribution >= 4 is 17.7 Å². The number of nitrogens with zero attached hydrogens (tertiary/aromatic N) is 5. The highest BCUT2D eigenvalue weighted by Gasteiger charge is 2.34.